The van der Waals surface area contributed by atoms with E-state index in [0.717, 1.165) is 18.4 Å². The lowest BCUT2D eigenvalue weighted by Crippen LogP contribution is -2.51. The van der Waals surface area contributed by atoms with Gasteiger partial charge in [0.05, 0.1) is 6.10 Å². The van der Waals surface area contributed by atoms with Crippen molar-refractivity contribution < 1.29 is 5.11 Å². The van der Waals surface area contributed by atoms with Crippen LogP contribution in [0.2, 0.25) is 0 Å². The van der Waals surface area contributed by atoms with Crippen LogP contribution in [0, 0.1) is 11.8 Å². The van der Waals surface area contributed by atoms with Crippen LogP contribution >= 0.6 is 0 Å². The Labute approximate surface area is 107 Å². The Balaban J connectivity index is 2.11. The fourth-order valence-corrected chi connectivity index (χ4v) is 3.04. The van der Waals surface area contributed by atoms with Crippen molar-refractivity contribution in [2.45, 2.75) is 65.4 Å². The van der Waals surface area contributed by atoms with Crippen molar-refractivity contribution in [3.8, 4) is 0 Å². The molecular weight excluding hydrogens is 210 g/mol. The number of hydrogen-bond acceptors (Lipinski definition) is 2. The Kier molecular flexibility index (Phi) is 7.14. The first-order valence-electron chi connectivity index (χ1n) is 7.57. The van der Waals surface area contributed by atoms with E-state index < -0.39 is 0 Å². The Morgan fingerprint density at radius 2 is 1.88 bits per heavy atom. The zero-order valence-corrected chi connectivity index (χ0v) is 12.0. The lowest BCUT2D eigenvalue weighted by molar-refractivity contribution is 0.0169. The number of likely N-dealkylation sites (tertiary alicyclic amines) is 1. The SMILES string of the molecule is CCCCCCC(CC)C1CN(C[C@@H](C)O)C1. The fourth-order valence-electron chi connectivity index (χ4n) is 3.04. The van der Waals surface area contributed by atoms with Gasteiger partial charge < -0.3 is 10.0 Å². The van der Waals surface area contributed by atoms with E-state index in [0.29, 0.717) is 0 Å². The number of rotatable bonds is 9. The van der Waals surface area contributed by atoms with Crippen LogP contribution in [0.1, 0.15) is 59.3 Å². The van der Waals surface area contributed by atoms with E-state index in [1.165, 1.54) is 51.6 Å². The fraction of sp³-hybridized carbons (Fsp3) is 1.00. The highest BCUT2D eigenvalue weighted by molar-refractivity contribution is 4.85. The topological polar surface area (TPSA) is 23.5 Å². The summed E-state index contributed by atoms with van der Waals surface area (Å²) in [7, 11) is 0. The van der Waals surface area contributed by atoms with Gasteiger partial charge in [0.2, 0.25) is 0 Å². The molecule has 1 saturated heterocycles. The van der Waals surface area contributed by atoms with Gasteiger partial charge in [0.1, 0.15) is 0 Å². The molecule has 1 rings (SSSR count). The maximum Gasteiger partial charge on any atom is 0.0639 e. The molecule has 0 radical (unpaired) electrons. The molecule has 0 spiro atoms. The molecule has 2 atom stereocenters. The number of β-amino-alcohol motifs (C(OH)–C–C–N with tert-alkyl or cyclic N) is 1. The van der Waals surface area contributed by atoms with Crippen LogP contribution in [-0.2, 0) is 0 Å². The lowest BCUT2D eigenvalue weighted by atomic mass is 9.80. The number of aliphatic hydroxyl groups is 1. The normalized spacial score (nSPS) is 21.2. The summed E-state index contributed by atoms with van der Waals surface area (Å²) in [5.74, 6) is 1.83. The molecule has 0 aromatic rings. The highest BCUT2D eigenvalue weighted by atomic mass is 16.3. The van der Waals surface area contributed by atoms with Gasteiger partial charge in [0.25, 0.3) is 0 Å². The predicted octanol–water partition coefficient (Wildman–Crippen LogP) is 3.30. The molecular formula is C15H31NO. The predicted molar refractivity (Wildman–Crippen MR) is 74.2 cm³/mol. The number of unbranched alkanes of at least 4 members (excludes halogenated alkanes) is 3. The molecule has 1 heterocycles. The van der Waals surface area contributed by atoms with E-state index in [9.17, 15) is 5.11 Å². The van der Waals surface area contributed by atoms with Gasteiger partial charge in [-0.3, -0.25) is 0 Å². The summed E-state index contributed by atoms with van der Waals surface area (Å²) < 4.78 is 0. The Morgan fingerprint density at radius 1 is 1.18 bits per heavy atom. The highest BCUT2D eigenvalue weighted by Gasteiger charge is 2.32. The maximum atomic E-state index is 9.33. The molecule has 0 aromatic carbocycles. The van der Waals surface area contributed by atoms with Gasteiger partial charge in [0, 0.05) is 19.6 Å². The molecule has 0 aliphatic carbocycles. The average molecular weight is 241 g/mol. The van der Waals surface area contributed by atoms with Crippen LogP contribution in [-0.4, -0.2) is 35.7 Å². The molecule has 0 aromatic heterocycles. The molecule has 1 unspecified atom stereocenters. The molecule has 0 saturated carbocycles. The molecule has 2 nitrogen and oxygen atoms in total. The minimum absolute atomic E-state index is 0.166. The first kappa shape index (κ1) is 15.0. The van der Waals surface area contributed by atoms with E-state index in [1.54, 1.807) is 0 Å². The second kappa shape index (κ2) is 8.10. The van der Waals surface area contributed by atoms with E-state index >= 15 is 0 Å². The lowest BCUT2D eigenvalue weighted by Gasteiger charge is -2.44. The van der Waals surface area contributed by atoms with Crippen LogP contribution in [0.5, 0.6) is 0 Å². The molecule has 1 aliphatic heterocycles. The monoisotopic (exact) mass is 241 g/mol. The van der Waals surface area contributed by atoms with Crippen LogP contribution < -0.4 is 0 Å². The second-order valence-corrected chi connectivity index (χ2v) is 5.85. The Bertz CT molecular complexity index is 187. The molecule has 1 aliphatic rings. The minimum atomic E-state index is -0.166. The van der Waals surface area contributed by atoms with Gasteiger partial charge in [-0.05, 0) is 18.8 Å². The van der Waals surface area contributed by atoms with E-state index in [1.807, 2.05) is 6.92 Å². The number of nitrogens with zero attached hydrogens (tertiary/aromatic N) is 1. The van der Waals surface area contributed by atoms with Gasteiger partial charge >= 0.3 is 0 Å². The first-order valence-corrected chi connectivity index (χ1v) is 7.57. The van der Waals surface area contributed by atoms with E-state index in [2.05, 4.69) is 18.7 Å². The van der Waals surface area contributed by atoms with Gasteiger partial charge in [0.15, 0.2) is 0 Å². The van der Waals surface area contributed by atoms with Crippen molar-refractivity contribution in [3.63, 3.8) is 0 Å². The summed E-state index contributed by atoms with van der Waals surface area (Å²) in [6.07, 6.45) is 8.15. The third kappa shape index (κ3) is 5.39. The van der Waals surface area contributed by atoms with Gasteiger partial charge in [-0.1, -0.05) is 52.4 Å². The Hall–Kier alpha value is -0.0800. The van der Waals surface area contributed by atoms with Crippen LogP contribution in [0.15, 0.2) is 0 Å². The van der Waals surface area contributed by atoms with Gasteiger partial charge in [-0.15, -0.1) is 0 Å². The third-order valence-electron chi connectivity index (χ3n) is 4.13. The Morgan fingerprint density at radius 3 is 2.41 bits per heavy atom. The third-order valence-corrected chi connectivity index (χ3v) is 4.13. The van der Waals surface area contributed by atoms with Crippen LogP contribution in [0.3, 0.4) is 0 Å². The molecule has 0 bridgehead atoms. The molecule has 17 heavy (non-hydrogen) atoms. The molecule has 1 N–H and O–H groups in total. The van der Waals surface area contributed by atoms with Crippen molar-refractivity contribution in [2.75, 3.05) is 19.6 Å². The number of aliphatic hydroxyl groups excluding tert-OH is 1. The molecule has 0 amide bonds. The van der Waals surface area contributed by atoms with E-state index in [4.69, 9.17) is 0 Å². The van der Waals surface area contributed by atoms with Crippen molar-refractivity contribution in [1.29, 1.82) is 0 Å². The van der Waals surface area contributed by atoms with Gasteiger partial charge in [-0.25, -0.2) is 0 Å². The largest absolute Gasteiger partial charge is 0.392 e. The van der Waals surface area contributed by atoms with Crippen molar-refractivity contribution >= 4 is 0 Å². The first-order chi connectivity index (χ1) is 8.17. The van der Waals surface area contributed by atoms with Crippen molar-refractivity contribution in [1.82, 2.24) is 4.90 Å². The maximum absolute atomic E-state index is 9.33. The standard InChI is InChI=1S/C15H31NO/c1-4-6-7-8-9-14(5-2)15-11-16(12-15)10-13(3)17/h13-15,17H,4-12H2,1-3H3/t13-,14?/m1/s1. The molecule has 102 valence electrons. The van der Waals surface area contributed by atoms with Gasteiger partial charge in [-0.2, -0.15) is 0 Å². The summed E-state index contributed by atoms with van der Waals surface area (Å²) in [5.41, 5.74) is 0. The zero-order valence-electron chi connectivity index (χ0n) is 12.0. The number of hydrogen-bond donors (Lipinski definition) is 1. The zero-order chi connectivity index (χ0) is 12.7. The summed E-state index contributed by atoms with van der Waals surface area (Å²) in [6, 6.07) is 0. The average Bonchev–Trinajstić information content (AvgIpc) is 2.24. The van der Waals surface area contributed by atoms with Crippen LogP contribution in [0.4, 0.5) is 0 Å². The second-order valence-electron chi connectivity index (χ2n) is 5.85. The minimum Gasteiger partial charge on any atom is -0.392 e. The van der Waals surface area contributed by atoms with Crippen molar-refractivity contribution in [2.24, 2.45) is 11.8 Å². The summed E-state index contributed by atoms with van der Waals surface area (Å²) >= 11 is 0. The quantitative estimate of drug-likeness (QED) is 0.626. The smallest absolute Gasteiger partial charge is 0.0639 e. The summed E-state index contributed by atoms with van der Waals surface area (Å²) in [4.78, 5) is 2.39. The van der Waals surface area contributed by atoms with E-state index in [-0.39, 0.29) is 6.10 Å². The molecule has 1 fully saturated rings. The van der Waals surface area contributed by atoms with Crippen LogP contribution in [0.25, 0.3) is 0 Å². The molecule has 2 heteroatoms. The highest BCUT2D eigenvalue weighted by Crippen LogP contribution is 2.30. The summed E-state index contributed by atoms with van der Waals surface area (Å²) in [5, 5.41) is 9.33. The van der Waals surface area contributed by atoms with Crippen molar-refractivity contribution in [3.05, 3.63) is 0 Å². The summed E-state index contributed by atoms with van der Waals surface area (Å²) in [6.45, 7) is 9.80.